The first-order chi connectivity index (χ1) is 9.13. The van der Waals surface area contributed by atoms with E-state index in [1.165, 1.54) is 19.2 Å². The average Bonchev–Trinajstić information content (AvgIpc) is 2.86. The smallest absolute Gasteiger partial charge is 0.270 e. The highest BCUT2D eigenvalue weighted by molar-refractivity contribution is 5.43. The van der Waals surface area contributed by atoms with Crippen LogP contribution in [0.25, 0.3) is 0 Å². The molecule has 0 aliphatic rings. The molecule has 8 heteroatoms. The van der Waals surface area contributed by atoms with Gasteiger partial charge in [-0.15, -0.1) is 5.10 Å². The minimum absolute atomic E-state index is 0.00923. The molecular weight excluding hydrogens is 250 g/mol. The molecule has 1 aromatic carbocycles. The van der Waals surface area contributed by atoms with Gasteiger partial charge in [-0.3, -0.25) is 10.1 Å². The SMILES string of the molecule is COc1ccc([N+](=O)[O-])cc1Cn1cc(CN)nn1. The molecule has 2 N–H and O–H groups in total. The van der Waals surface area contributed by atoms with Gasteiger partial charge in [0.2, 0.25) is 0 Å². The summed E-state index contributed by atoms with van der Waals surface area (Å²) in [7, 11) is 1.51. The molecule has 0 aliphatic carbocycles. The lowest BCUT2D eigenvalue weighted by molar-refractivity contribution is -0.384. The second-order valence-electron chi connectivity index (χ2n) is 3.86. The van der Waals surface area contributed by atoms with Gasteiger partial charge in [-0.05, 0) is 6.07 Å². The highest BCUT2D eigenvalue weighted by Crippen LogP contribution is 2.24. The molecule has 8 nitrogen and oxygen atoms in total. The normalized spacial score (nSPS) is 10.4. The predicted molar refractivity (Wildman–Crippen MR) is 66.7 cm³/mol. The molecular formula is C11H13N5O3. The zero-order chi connectivity index (χ0) is 13.8. The summed E-state index contributed by atoms with van der Waals surface area (Å²) in [5.41, 5.74) is 6.77. The first kappa shape index (κ1) is 13.0. The molecule has 2 rings (SSSR count). The number of nitro groups is 1. The number of non-ortho nitro benzene ring substituents is 1. The zero-order valence-electron chi connectivity index (χ0n) is 10.3. The van der Waals surface area contributed by atoms with Crippen LogP contribution in [0.3, 0.4) is 0 Å². The van der Waals surface area contributed by atoms with Crippen LogP contribution < -0.4 is 10.5 Å². The van der Waals surface area contributed by atoms with Crippen molar-refractivity contribution in [2.45, 2.75) is 13.1 Å². The third-order valence-corrected chi connectivity index (χ3v) is 2.60. The zero-order valence-corrected chi connectivity index (χ0v) is 10.3. The van der Waals surface area contributed by atoms with Crippen LogP contribution in [-0.4, -0.2) is 27.0 Å². The number of benzene rings is 1. The van der Waals surface area contributed by atoms with E-state index in [0.717, 1.165) is 0 Å². The van der Waals surface area contributed by atoms with Gasteiger partial charge in [-0.25, -0.2) is 4.68 Å². The van der Waals surface area contributed by atoms with Crippen LogP contribution in [-0.2, 0) is 13.1 Å². The molecule has 0 atom stereocenters. The molecule has 0 bridgehead atoms. The summed E-state index contributed by atoms with van der Waals surface area (Å²) in [6.07, 6.45) is 1.69. The van der Waals surface area contributed by atoms with Gasteiger partial charge in [0.25, 0.3) is 5.69 Å². The molecule has 0 unspecified atom stereocenters. The topological polar surface area (TPSA) is 109 Å². The summed E-state index contributed by atoms with van der Waals surface area (Å²) in [6.45, 7) is 0.629. The molecule has 1 heterocycles. The van der Waals surface area contributed by atoms with Gasteiger partial charge < -0.3 is 10.5 Å². The van der Waals surface area contributed by atoms with Gasteiger partial charge in [0.15, 0.2) is 0 Å². The van der Waals surface area contributed by atoms with Crippen molar-refractivity contribution in [3.63, 3.8) is 0 Å². The Labute approximate surface area is 108 Å². The van der Waals surface area contributed by atoms with Gasteiger partial charge >= 0.3 is 0 Å². The average molecular weight is 263 g/mol. The maximum atomic E-state index is 10.8. The summed E-state index contributed by atoms with van der Waals surface area (Å²) in [6, 6.07) is 4.42. The van der Waals surface area contributed by atoms with Crippen molar-refractivity contribution >= 4 is 5.69 Å². The molecule has 0 saturated heterocycles. The number of hydrogen-bond donors (Lipinski definition) is 1. The Morgan fingerprint density at radius 2 is 2.32 bits per heavy atom. The maximum absolute atomic E-state index is 10.8. The van der Waals surface area contributed by atoms with E-state index in [2.05, 4.69) is 10.3 Å². The van der Waals surface area contributed by atoms with E-state index in [9.17, 15) is 10.1 Å². The molecule has 100 valence electrons. The Morgan fingerprint density at radius 1 is 1.53 bits per heavy atom. The van der Waals surface area contributed by atoms with Crippen LogP contribution in [0.5, 0.6) is 5.75 Å². The maximum Gasteiger partial charge on any atom is 0.270 e. The molecule has 0 aliphatic heterocycles. The van der Waals surface area contributed by atoms with Crippen LogP contribution in [0, 0.1) is 10.1 Å². The van der Waals surface area contributed by atoms with Crippen LogP contribution in [0.1, 0.15) is 11.3 Å². The first-order valence-electron chi connectivity index (χ1n) is 5.54. The monoisotopic (exact) mass is 263 g/mol. The Balaban J connectivity index is 2.31. The van der Waals surface area contributed by atoms with Gasteiger partial charge in [0.05, 0.1) is 30.5 Å². The summed E-state index contributed by atoms with van der Waals surface area (Å²) < 4.78 is 6.74. The number of ether oxygens (including phenoxy) is 1. The fourth-order valence-corrected chi connectivity index (χ4v) is 1.69. The summed E-state index contributed by atoms with van der Waals surface area (Å²) >= 11 is 0. The van der Waals surface area contributed by atoms with Crippen LogP contribution in [0.15, 0.2) is 24.4 Å². The lowest BCUT2D eigenvalue weighted by atomic mass is 10.2. The third-order valence-electron chi connectivity index (χ3n) is 2.60. The Bertz CT molecular complexity index is 596. The molecule has 1 aromatic heterocycles. The highest BCUT2D eigenvalue weighted by atomic mass is 16.6. The lowest BCUT2D eigenvalue weighted by Gasteiger charge is -2.07. The van der Waals surface area contributed by atoms with Gasteiger partial charge in [0.1, 0.15) is 5.75 Å². The first-order valence-corrected chi connectivity index (χ1v) is 5.54. The van der Waals surface area contributed by atoms with Crippen molar-refractivity contribution in [2.24, 2.45) is 5.73 Å². The van der Waals surface area contributed by atoms with Gasteiger partial charge in [-0.2, -0.15) is 0 Å². The molecule has 0 saturated carbocycles. The third kappa shape index (κ3) is 2.86. The largest absolute Gasteiger partial charge is 0.496 e. The summed E-state index contributed by atoms with van der Waals surface area (Å²) in [5.74, 6) is 0.565. The Kier molecular flexibility index (Phi) is 3.71. The molecule has 0 spiro atoms. The van der Waals surface area contributed by atoms with Crippen molar-refractivity contribution < 1.29 is 9.66 Å². The number of aromatic nitrogens is 3. The van der Waals surface area contributed by atoms with Crippen molar-refractivity contribution in [3.8, 4) is 5.75 Å². The van der Waals surface area contributed by atoms with E-state index >= 15 is 0 Å². The van der Waals surface area contributed by atoms with E-state index in [-0.39, 0.29) is 5.69 Å². The second kappa shape index (κ2) is 5.44. The molecule has 2 aromatic rings. The quantitative estimate of drug-likeness (QED) is 0.628. The van der Waals surface area contributed by atoms with E-state index < -0.39 is 4.92 Å². The number of nitro benzene ring substituents is 1. The highest BCUT2D eigenvalue weighted by Gasteiger charge is 2.12. The standard InChI is InChI=1S/C11H13N5O3/c1-19-11-3-2-10(16(17)18)4-8(11)6-15-7-9(5-12)13-14-15/h2-4,7H,5-6,12H2,1H3. The number of nitrogens with zero attached hydrogens (tertiary/aromatic N) is 4. The van der Waals surface area contributed by atoms with E-state index in [4.69, 9.17) is 10.5 Å². The minimum atomic E-state index is -0.449. The predicted octanol–water partition coefficient (Wildman–Crippen LogP) is 0.702. The van der Waals surface area contributed by atoms with Crippen LogP contribution in [0.2, 0.25) is 0 Å². The molecule has 0 amide bonds. The van der Waals surface area contributed by atoms with E-state index in [0.29, 0.717) is 30.1 Å². The number of rotatable bonds is 5. The van der Waals surface area contributed by atoms with Crippen LogP contribution >= 0.6 is 0 Å². The second-order valence-corrected chi connectivity index (χ2v) is 3.86. The minimum Gasteiger partial charge on any atom is -0.496 e. The van der Waals surface area contributed by atoms with E-state index in [1.807, 2.05) is 0 Å². The Hall–Kier alpha value is -2.48. The Morgan fingerprint density at radius 3 is 2.89 bits per heavy atom. The molecule has 0 fully saturated rings. The van der Waals surface area contributed by atoms with Crippen LogP contribution in [0.4, 0.5) is 5.69 Å². The van der Waals surface area contributed by atoms with Crippen molar-refractivity contribution in [2.75, 3.05) is 7.11 Å². The fourth-order valence-electron chi connectivity index (χ4n) is 1.69. The number of hydrogen-bond acceptors (Lipinski definition) is 6. The number of methoxy groups -OCH3 is 1. The summed E-state index contributed by atoms with van der Waals surface area (Å²) in [4.78, 5) is 10.3. The summed E-state index contributed by atoms with van der Waals surface area (Å²) in [5, 5.41) is 18.5. The van der Waals surface area contributed by atoms with Crippen molar-refractivity contribution in [3.05, 3.63) is 45.8 Å². The fraction of sp³-hybridized carbons (Fsp3) is 0.273. The number of nitrogens with two attached hydrogens (primary N) is 1. The van der Waals surface area contributed by atoms with E-state index in [1.54, 1.807) is 16.9 Å². The molecule has 0 radical (unpaired) electrons. The molecule has 19 heavy (non-hydrogen) atoms. The van der Waals surface area contributed by atoms with Gasteiger partial charge in [-0.1, -0.05) is 5.21 Å². The van der Waals surface area contributed by atoms with Gasteiger partial charge in [0, 0.05) is 24.2 Å². The van der Waals surface area contributed by atoms with Crippen molar-refractivity contribution in [1.29, 1.82) is 0 Å². The lowest BCUT2D eigenvalue weighted by Crippen LogP contribution is -2.03. The van der Waals surface area contributed by atoms with Crippen molar-refractivity contribution in [1.82, 2.24) is 15.0 Å².